The molecule has 49 heavy (non-hydrogen) atoms. The number of ether oxygens (including phenoxy) is 1. The van der Waals surface area contributed by atoms with Gasteiger partial charge < -0.3 is 29.9 Å². The predicted octanol–water partition coefficient (Wildman–Crippen LogP) is 3.22. The standard InChI is InChI=1S/C34H45ClN6O7S/c1-49(46,47)40-20-18-37(19-21-40)26-9-13-38(14-10-26)32(43)31(23-24-6-7-30(42)28(35)22-24)48-34(45)39-15-11-27(12-16-39)41-17-8-25-4-2-3-5-29(25)36-33(41)44/h2-7,22,26-27,31,42H,8-21,23H2,1H3,(H,36,44). The molecule has 0 aliphatic carbocycles. The smallest absolute Gasteiger partial charge is 0.410 e. The summed E-state index contributed by atoms with van der Waals surface area (Å²) in [6.07, 6.45) is 3.08. The first-order valence-corrected chi connectivity index (χ1v) is 19.3. The van der Waals surface area contributed by atoms with E-state index in [-0.39, 0.29) is 41.2 Å². The molecule has 0 spiro atoms. The Kier molecular flexibility index (Phi) is 10.9. The average Bonchev–Trinajstić information content (AvgIpc) is 3.27. The van der Waals surface area contributed by atoms with E-state index in [1.165, 1.54) is 16.6 Å². The van der Waals surface area contributed by atoms with Gasteiger partial charge in [0.15, 0.2) is 6.10 Å². The molecule has 0 saturated carbocycles. The number of hydrogen-bond donors (Lipinski definition) is 2. The van der Waals surface area contributed by atoms with Gasteiger partial charge in [0.2, 0.25) is 10.0 Å². The number of amides is 4. The number of phenols is 1. The fourth-order valence-corrected chi connectivity index (χ4v) is 8.45. The zero-order chi connectivity index (χ0) is 34.7. The molecular formula is C34H45ClN6O7S. The molecule has 15 heteroatoms. The van der Waals surface area contributed by atoms with Gasteiger partial charge in [-0.15, -0.1) is 0 Å². The number of likely N-dealkylation sites (tertiary alicyclic amines) is 2. The van der Waals surface area contributed by atoms with Crippen molar-refractivity contribution in [2.24, 2.45) is 0 Å². The maximum absolute atomic E-state index is 13.9. The van der Waals surface area contributed by atoms with Crippen LogP contribution in [0.1, 0.15) is 36.8 Å². The molecule has 2 aromatic rings. The lowest BCUT2D eigenvalue weighted by molar-refractivity contribution is -0.142. The Morgan fingerprint density at radius 1 is 0.918 bits per heavy atom. The van der Waals surface area contributed by atoms with Gasteiger partial charge in [-0.2, -0.15) is 4.31 Å². The number of sulfonamides is 1. The van der Waals surface area contributed by atoms with Crippen molar-refractivity contribution in [1.29, 1.82) is 0 Å². The van der Waals surface area contributed by atoms with Gasteiger partial charge in [0, 0.05) is 83.1 Å². The second-order valence-corrected chi connectivity index (χ2v) is 15.8. The number of phenolic OH excluding ortho intramolecular Hbond substituents is 1. The Hall–Kier alpha value is -3.59. The number of nitrogens with zero attached hydrogens (tertiary/aromatic N) is 5. The van der Waals surface area contributed by atoms with E-state index in [1.54, 1.807) is 21.9 Å². The first-order chi connectivity index (χ1) is 23.5. The zero-order valence-electron chi connectivity index (χ0n) is 27.8. The predicted molar refractivity (Wildman–Crippen MR) is 185 cm³/mol. The highest BCUT2D eigenvalue weighted by Gasteiger charge is 2.37. The van der Waals surface area contributed by atoms with Crippen molar-refractivity contribution in [3.63, 3.8) is 0 Å². The van der Waals surface area contributed by atoms with Gasteiger partial charge in [-0.05, 0) is 61.4 Å². The molecule has 1 atom stereocenters. The number of carbonyl (C=O) groups excluding carboxylic acids is 3. The monoisotopic (exact) mass is 716 g/mol. The molecule has 6 rings (SSSR count). The van der Waals surface area contributed by atoms with Crippen LogP contribution in [0.25, 0.3) is 0 Å². The van der Waals surface area contributed by atoms with Gasteiger partial charge in [0.25, 0.3) is 5.91 Å². The van der Waals surface area contributed by atoms with Crippen LogP contribution in [0.4, 0.5) is 15.3 Å². The SMILES string of the molecule is CS(=O)(=O)N1CCN(C2CCN(C(=O)C(Cc3ccc(O)c(Cl)c3)OC(=O)N3CCC(N4CCc5ccccc5NC4=O)CC3)CC2)CC1. The lowest BCUT2D eigenvalue weighted by Crippen LogP contribution is -2.55. The summed E-state index contributed by atoms with van der Waals surface area (Å²) in [4.78, 5) is 48.0. The summed E-state index contributed by atoms with van der Waals surface area (Å²) in [5.74, 6) is -0.358. The molecule has 4 heterocycles. The minimum atomic E-state index is -3.21. The summed E-state index contributed by atoms with van der Waals surface area (Å²) >= 11 is 6.17. The highest BCUT2D eigenvalue weighted by molar-refractivity contribution is 7.88. The van der Waals surface area contributed by atoms with Crippen molar-refractivity contribution >= 4 is 45.3 Å². The molecule has 1 unspecified atom stereocenters. The first kappa shape index (κ1) is 35.2. The third kappa shape index (κ3) is 8.42. The maximum Gasteiger partial charge on any atom is 0.410 e. The normalized spacial score (nSPS) is 21.1. The largest absolute Gasteiger partial charge is 0.506 e. The quantitative estimate of drug-likeness (QED) is 0.445. The third-order valence-electron chi connectivity index (χ3n) is 10.3. The van der Waals surface area contributed by atoms with Crippen molar-refractivity contribution in [2.75, 3.05) is 70.5 Å². The highest BCUT2D eigenvalue weighted by Crippen LogP contribution is 2.28. The van der Waals surface area contributed by atoms with Crippen LogP contribution < -0.4 is 5.32 Å². The number of fused-ring (bicyclic) bond motifs is 1. The number of hydrogen-bond acceptors (Lipinski definition) is 8. The van der Waals surface area contributed by atoms with E-state index in [4.69, 9.17) is 16.3 Å². The van der Waals surface area contributed by atoms with E-state index in [1.807, 2.05) is 29.2 Å². The number of carbonyl (C=O) groups is 3. The van der Waals surface area contributed by atoms with Crippen LogP contribution in [0.3, 0.4) is 0 Å². The Labute approximate surface area is 292 Å². The molecule has 4 aliphatic heterocycles. The lowest BCUT2D eigenvalue weighted by atomic mass is 10.0. The summed E-state index contributed by atoms with van der Waals surface area (Å²) in [6.45, 7) is 4.59. The lowest BCUT2D eigenvalue weighted by Gasteiger charge is -2.42. The van der Waals surface area contributed by atoms with E-state index in [2.05, 4.69) is 10.2 Å². The number of halogens is 1. The molecule has 4 amide bonds. The average molecular weight is 717 g/mol. The molecular weight excluding hydrogens is 672 g/mol. The fourth-order valence-electron chi connectivity index (χ4n) is 7.42. The van der Waals surface area contributed by atoms with Crippen molar-refractivity contribution in [3.05, 3.63) is 58.6 Å². The number of urea groups is 1. The number of aromatic hydroxyl groups is 1. The van der Waals surface area contributed by atoms with Gasteiger partial charge in [-0.1, -0.05) is 35.9 Å². The second kappa shape index (κ2) is 15.1. The van der Waals surface area contributed by atoms with Gasteiger partial charge in [-0.25, -0.2) is 18.0 Å². The summed E-state index contributed by atoms with van der Waals surface area (Å²) in [6, 6.07) is 12.6. The number of para-hydroxylation sites is 1. The number of piperidine rings is 2. The van der Waals surface area contributed by atoms with E-state index in [0.717, 1.165) is 30.5 Å². The minimum Gasteiger partial charge on any atom is -0.506 e. The van der Waals surface area contributed by atoms with Crippen LogP contribution in [0, 0.1) is 0 Å². The molecule has 4 aliphatic rings. The summed E-state index contributed by atoms with van der Waals surface area (Å²) in [5.41, 5.74) is 2.58. The Balaban J connectivity index is 1.06. The van der Waals surface area contributed by atoms with Crippen LogP contribution in [0.15, 0.2) is 42.5 Å². The van der Waals surface area contributed by atoms with Gasteiger partial charge >= 0.3 is 12.1 Å². The van der Waals surface area contributed by atoms with Crippen LogP contribution in [0.5, 0.6) is 5.75 Å². The zero-order valence-corrected chi connectivity index (χ0v) is 29.4. The topological polar surface area (TPSA) is 143 Å². The summed E-state index contributed by atoms with van der Waals surface area (Å²) in [5, 5.41) is 13.1. The van der Waals surface area contributed by atoms with E-state index in [9.17, 15) is 27.9 Å². The fraction of sp³-hybridized carbons (Fsp3) is 0.559. The van der Waals surface area contributed by atoms with Crippen LogP contribution in [-0.4, -0.2) is 139 Å². The van der Waals surface area contributed by atoms with Crippen LogP contribution in [-0.2, 0) is 32.4 Å². The molecule has 0 radical (unpaired) electrons. The summed E-state index contributed by atoms with van der Waals surface area (Å²) in [7, 11) is -3.21. The van der Waals surface area contributed by atoms with Gasteiger partial charge in [-0.3, -0.25) is 9.69 Å². The molecule has 2 N–H and O–H groups in total. The van der Waals surface area contributed by atoms with E-state index in [0.29, 0.717) is 77.3 Å². The number of anilines is 1. The maximum atomic E-state index is 13.9. The van der Waals surface area contributed by atoms with Crippen LogP contribution in [0.2, 0.25) is 5.02 Å². The molecule has 3 saturated heterocycles. The van der Waals surface area contributed by atoms with Crippen molar-refractivity contribution in [1.82, 2.24) is 23.9 Å². The number of benzene rings is 2. The Morgan fingerprint density at radius 2 is 1.57 bits per heavy atom. The molecule has 3 fully saturated rings. The second-order valence-electron chi connectivity index (χ2n) is 13.4. The molecule has 2 aromatic carbocycles. The number of piperazine rings is 1. The van der Waals surface area contributed by atoms with E-state index >= 15 is 0 Å². The van der Waals surface area contributed by atoms with Crippen molar-refractivity contribution < 1.29 is 32.6 Å². The molecule has 266 valence electrons. The van der Waals surface area contributed by atoms with Crippen molar-refractivity contribution in [2.45, 2.75) is 56.7 Å². The third-order valence-corrected chi connectivity index (χ3v) is 11.9. The molecule has 0 bridgehead atoms. The van der Waals surface area contributed by atoms with Gasteiger partial charge in [0.1, 0.15) is 5.75 Å². The molecule has 0 aromatic heterocycles. The van der Waals surface area contributed by atoms with E-state index < -0.39 is 22.2 Å². The Bertz CT molecular complexity index is 1640. The highest BCUT2D eigenvalue weighted by atomic mass is 35.5. The van der Waals surface area contributed by atoms with Crippen LogP contribution >= 0.6 is 11.6 Å². The van der Waals surface area contributed by atoms with Crippen molar-refractivity contribution in [3.8, 4) is 5.75 Å². The molecule has 13 nitrogen and oxygen atoms in total. The number of rotatable bonds is 7. The Morgan fingerprint density at radius 3 is 2.24 bits per heavy atom. The summed E-state index contributed by atoms with van der Waals surface area (Å²) < 4.78 is 31.3. The van der Waals surface area contributed by atoms with Gasteiger partial charge in [0.05, 0.1) is 11.3 Å². The minimum absolute atomic E-state index is 0.0226. The first-order valence-electron chi connectivity index (χ1n) is 17.0. The number of nitrogens with one attached hydrogen (secondary N) is 1.